The highest BCUT2D eigenvalue weighted by Crippen LogP contribution is 2.34. The quantitative estimate of drug-likeness (QED) is 0.813. The van der Waals surface area contributed by atoms with Gasteiger partial charge in [0.1, 0.15) is 11.6 Å². The first-order valence-corrected chi connectivity index (χ1v) is 7.18. The molecule has 0 aromatic heterocycles. The number of aliphatic hydroxyl groups is 1. The Morgan fingerprint density at radius 2 is 1.84 bits per heavy atom. The van der Waals surface area contributed by atoms with Crippen LogP contribution in [-0.2, 0) is 6.42 Å². The van der Waals surface area contributed by atoms with Crippen molar-refractivity contribution in [2.75, 3.05) is 0 Å². The monoisotopic (exact) mass is 268 g/mol. The zero-order chi connectivity index (χ0) is 13.9. The normalized spacial score (nSPS) is 28.1. The predicted molar refractivity (Wildman–Crippen MR) is 71.9 cm³/mol. The molecule has 2 atom stereocenters. The summed E-state index contributed by atoms with van der Waals surface area (Å²) >= 11 is 0. The Hall–Kier alpha value is -0.960. The minimum Gasteiger partial charge on any atom is -0.390 e. The molecule has 2 rings (SSSR count). The molecule has 106 valence electrons. The minimum absolute atomic E-state index is 0.345. The Bertz CT molecular complexity index is 413. The van der Waals surface area contributed by atoms with Gasteiger partial charge in [0.15, 0.2) is 0 Å². The summed E-state index contributed by atoms with van der Waals surface area (Å²) in [5, 5.41) is 10.7. The molecular weight excluding hydrogens is 246 g/mol. The molecule has 19 heavy (non-hydrogen) atoms. The van der Waals surface area contributed by atoms with E-state index in [9.17, 15) is 13.9 Å². The van der Waals surface area contributed by atoms with E-state index in [1.807, 2.05) is 0 Å². The maximum atomic E-state index is 13.2. The third-order valence-electron chi connectivity index (χ3n) is 4.31. The Labute approximate surface area is 113 Å². The number of halogens is 2. The summed E-state index contributed by atoms with van der Waals surface area (Å²) in [6.07, 6.45) is 6.09. The molecule has 1 N–H and O–H groups in total. The second-order valence-electron chi connectivity index (χ2n) is 5.88. The molecule has 1 aromatic rings. The van der Waals surface area contributed by atoms with Gasteiger partial charge in [0, 0.05) is 12.5 Å². The topological polar surface area (TPSA) is 20.2 Å². The fourth-order valence-corrected chi connectivity index (χ4v) is 3.14. The van der Waals surface area contributed by atoms with Gasteiger partial charge in [-0.15, -0.1) is 0 Å². The third kappa shape index (κ3) is 4.00. The van der Waals surface area contributed by atoms with E-state index in [0.29, 0.717) is 17.9 Å². The summed E-state index contributed by atoms with van der Waals surface area (Å²) in [7, 11) is 0. The van der Waals surface area contributed by atoms with Crippen LogP contribution >= 0.6 is 0 Å². The first kappa shape index (κ1) is 14.4. The van der Waals surface area contributed by atoms with Gasteiger partial charge in [-0.1, -0.05) is 26.2 Å². The number of hydrogen-bond donors (Lipinski definition) is 1. The second-order valence-corrected chi connectivity index (χ2v) is 5.88. The van der Waals surface area contributed by atoms with Crippen molar-refractivity contribution in [3.05, 3.63) is 35.4 Å². The standard InChI is InChI=1S/C16H22F2O/c1-2-12-4-3-6-16(19,7-5-12)11-13-8-14(17)10-15(18)9-13/h8-10,12,19H,2-7,11H2,1H3. The fraction of sp³-hybridized carbons (Fsp3) is 0.625. The summed E-state index contributed by atoms with van der Waals surface area (Å²) in [6, 6.07) is 3.51. The molecule has 1 saturated carbocycles. The van der Waals surface area contributed by atoms with Gasteiger partial charge >= 0.3 is 0 Å². The molecule has 2 unspecified atom stereocenters. The molecule has 3 heteroatoms. The van der Waals surface area contributed by atoms with Crippen LogP contribution in [-0.4, -0.2) is 10.7 Å². The van der Waals surface area contributed by atoms with Gasteiger partial charge in [0.2, 0.25) is 0 Å². The first-order valence-electron chi connectivity index (χ1n) is 7.18. The van der Waals surface area contributed by atoms with Crippen molar-refractivity contribution in [2.24, 2.45) is 5.92 Å². The highest BCUT2D eigenvalue weighted by molar-refractivity contribution is 5.20. The summed E-state index contributed by atoms with van der Waals surface area (Å²) in [5.41, 5.74) is -0.251. The number of hydrogen-bond acceptors (Lipinski definition) is 1. The molecule has 0 spiro atoms. The maximum absolute atomic E-state index is 13.2. The van der Waals surface area contributed by atoms with Gasteiger partial charge < -0.3 is 5.11 Å². The zero-order valence-electron chi connectivity index (χ0n) is 11.5. The van der Waals surface area contributed by atoms with Crippen molar-refractivity contribution in [1.82, 2.24) is 0 Å². The Morgan fingerprint density at radius 1 is 1.16 bits per heavy atom. The fourth-order valence-electron chi connectivity index (χ4n) is 3.14. The van der Waals surface area contributed by atoms with Crippen molar-refractivity contribution in [1.29, 1.82) is 0 Å². The lowest BCUT2D eigenvalue weighted by atomic mass is 9.87. The van der Waals surface area contributed by atoms with E-state index < -0.39 is 17.2 Å². The van der Waals surface area contributed by atoms with Crippen LogP contribution in [0.5, 0.6) is 0 Å². The molecule has 1 aliphatic carbocycles. The SMILES string of the molecule is CCC1CCCC(O)(Cc2cc(F)cc(F)c2)CC1. The summed E-state index contributed by atoms with van der Waals surface area (Å²) in [5.74, 6) is -0.462. The van der Waals surface area contributed by atoms with Crippen LogP contribution < -0.4 is 0 Å². The highest BCUT2D eigenvalue weighted by Gasteiger charge is 2.30. The second kappa shape index (κ2) is 6.00. The Morgan fingerprint density at radius 3 is 2.47 bits per heavy atom. The van der Waals surface area contributed by atoms with E-state index in [-0.39, 0.29) is 0 Å². The molecule has 0 amide bonds. The average Bonchev–Trinajstić information content (AvgIpc) is 2.49. The largest absolute Gasteiger partial charge is 0.390 e. The summed E-state index contributed by atoms with van der Waals surface area (Å²) < 4.78 is 26.4. The maximum Gasteiger partial charge on any atom is 0.126 e. The zero-order valence-corrected chi connectivity index (χ0v) is 11.5. The van der Waals surface area contributed by atoms with Crippen molar-refractivity contribution < 1.29 is 13.9 Å². The van der Waals surface area contributed by atoms with E-state index in [1.54, 1.807) is 0 Å². The molecule has 0 aliphatic heterocycles. The summed E-state index contributed by atoms with van der Waals surface area (Å²) in [4.78, 5) is 0. The molecule has 1 aromatic carbocycles. The molecule has 1 aliphatic rings. The molecule has 0 heterocycles. The van der Waals surface area contributed by atoms with E-state index in [0.717, 1.165) is 44.6 Å². The van der Waals surface area contributed by atoms with Crippen LogP contribution in [0.25, 0.3) is 0 Å². The Balaban J connectivity index is 2.07. The molecule has 0 radical (unpaired) electrons. The van der Waals surface area contributed by atoms with Gasteiger partial charge in [-0.05, 0) is 42.9 Å². The van der Waals surface area contributed by atoms with Crippen molar-refractivity contribution in [2.45, 2.75) is 57.5 Å². The number of rotatable bonds is 3. The van der Waals surface area contributed by atoms with Crippen LogP contribution in [0.15, 0.2) is 18.2 Å². The lowest BCUT2D eigenvalue weighted by Gasteiger charge is -2.27. The van der Waals surface area contributed by atoms with E-state index >= 15 is 0 Å². The molecule has 1 nitrogen and oxygen atoms in total. The smallest absolute Gasteiger partial charge is 0.126 e. The first-order chi connectivity index (χ1) is 9.00. The average molecular weight is 268 g/mol. The summed E-state index contributed by atoms with van der Waals surface area (Å²) in [6.45, 7) is 2.18. The highest BCUT2D eigenvalue weighted by atomic mass is 19.1. The van der Waals surface area contributed by atoms with E-state index in [1.165, 1.54) is 12.1 Å². The van der Waals surface area contributed by atoms with Crippen LogP contribution in [0.2, 0.25) is 0 Å². The van der Waals surface area contributed by atoms with Crippen LogP contribution in [0, 0.1) is 17.6 Å². The molecule has 0 bridgehead atoms. The van der Waals surface area contributed by atoms with Crippen LogP contribution in [0.3, 0.4) is 0 Å². The van der Waals surface area contributed by atoms with Gasteiger partial charge in [0.25, 0.3) is 0 Å². The molecule has 1 fully saturated rings. The molecule has 0 saturated heterocycles. The van der Waals surface area contributed by atoms with Gasteiger partial charge in [-0.3, -0.25) is 0 Å². The minimum atomic E-state index is -0.801. The van der Waals surface area contributed by atoms with Crippen molar-refractivity contribution in [3.8, 4) is 0 Å². The lowest BCUT2D eigenvalue weighted by molar-refractivity contribution is 0.0241. The van der Waals surface area contributed by atoms with Gasteiger partial charge in [0.05, 0.1) is 5.60 Å². The Kier molecular flexibility index (Phi) is 4.56. The molecular formula is C16H22F2O. The predicted octanol–water partition coefficient (Wildman–Crippen LogP) is 4.23. The third-order valence-corrected chi connectivity index (χ3v) is 4.31. The van der Waals surface area contributed by atoms with Gasteiger partial charge in [-0.2, -0.15) is 0 Å². The van der Waals surface area contributed by atoms with E-state index in [4.69, 9.17) is 0 Å². The van der Waals surface area contributed by atoms with Crippen molar-refractivity contribution in [3.63, 3.8) is 0 Å². The van der Waals surface area contributed by atoms with E-state index in [2.05, 4.69) is 6.92 Å². The van der Waals surface area contributed by atoms with Crippen molar-refractivity contribution >= 4 is 0 Å². The lowest BCUT2D eigenvalue weighted by Crippen LogP contribution is -2.30. The van der Waals surface area contributed by atoms with Crippen LogP contribution in [0.4, 0.5) is 8.78 Å². The van der Waals surface area contributed by atoms with Gasteiger partial charge in [-0.25, -0.2) is 8.78 Å². The number of benzene rings is 1. The van der Waals surface area contributed by atoms with Crippen LogP contribution in [0.1, 0.15) is 51.0 Å².